The largest absolute Gasteiger partial charge is 0.368 e. The molecule has 10 nitrogen and oxygen atoms in total. The highest BCUT2D eigenvalue weighted by Gasteiger charge is 2.29. The SMILES string of the molecule is NCC(=O)Nc1ccc(-c2ccnc(Nc3ccc(N4CCN(C(=O)[C@H]5CCCN5)CC4)cc3)n2)cc1. The number of hydrogen-bond donors (Lipinski definition) is 4. The van der Waals surface area contributed by atoms with Crippen LogP contribution in [-0.4, -0.2) is 72.0 Å². The number of carbonyl (C=O) groups is 2. The molecule has 5 rings (SSSR count). The summed E-state index contributed by atoms with van der Waals surface area (Å²) in [5.74, 6) is 0.508. The van der Waals surface area contributed by atoms with Gasteiger partial charge in [0, 0.05) is 55.0 Å². The number of nitrogens with one attached hydrogen (secondary N) is 3. The van der Waals surface area contributed by atoms with Crippen molar-refractivity contribution in [1.82, 2.24) is 20.2 Å². The van der Waals surface area contributed by atoms with Crippen LogP contribution in [0.5, 0.6) is 0 Å². The second-order valence-corrected chi connectivity index (χ2v) is 9.23. The number of hydrogen-bond acceptors (Lipinski definition) is 8. The Hall–Kier alpha value is -4.02. The lowest BCUT2D eigenvalue weighted by molar-refractivity contribution is -0.133. The van der Waals surface area contributed by atoms with Gasteiger partial charge in [-0.05, 0) is 61.9 Å². The second-order valence-electron chi connectivity index (χ2n) is 9.23. The second kappa shape index (κ2) is 11.4. The van der Waals surface area contributed by atoms with Gasteiger partial charge in [-0.3, -0.25) is 9.59 Å². The molecule has 37 heavy (non-hydrogen) atoms. The summed E-state index contributed by atoms with van der Waals surface area (Å²) < 4.78 is 0. The Morgan fingerprint density at radius 3 is 2.38 bits per heavy atom. The van der Waals surface area contributed by atoms with Crippen LogP contribution >= 0.6 is 0 Å². The van der Waals surface area contributed by atoms with Gasteiger partial charge < -0.3 is 31.5 Å². The van der Waals surface area contributed by atoms with Gasteiger partial charge in [-0.15, -0.1) is 0 Å². The van der Waals surface area contributed by atoms with E-state index in [4.69, 9.17) is 5.73 Å². The lowest BCUT2D eigenvalue weighted by Gasteiger charge is -2.37. The number of amides is 2. The predicted molar refractivity (Wildman–Crippen MR) is 145 cm³/mol. The fraction of sp³-hybridized carbons (Fsp3) is 0.333. The summed E-state index contributed by atoms with van der Waals surface area (Å²) >= 11 is 0. The third-order valence-corrected chi connectivity index (χ3v) is 6.74. The minimum absolute atomic E-state index is 0.000930. The van der Waals surface area contributed by atoms with Crippen molar-refractivity contribution >= 4 is 34.8 Å². The molecule has 0 radical (unpaired) electrons. The minimum atomic E-state index is -0.235. The Kier molecular flexibility index (Phi) is 7.57. The van der Waals surface area contributed by atoms with Gasteiger partial charge in [0.25, 0.3) is 0 Å². The summed E-state index contributed by atoms with van der Waals surface area (Å²) in [5, 5.41) is 9.31. The molecule has 0 spiro atoms. The lowest BCUT2D eigenvalue weighted by Crippen LogP contribution is -2.53. The van der Waals surface area contributed by atoms with Crippen molar-refractivity contribution in [3.63, 3.8) is 0 Å². The van der Waals surface area contributed by atoms with Gasteiger partial charge in [0.2, 0.25) is 17.8 Å². The number of piperazine rings is 1. The fourth-order valence-corrected chi connectivity index (χ4v) is 4.70. The molecule has 1 atom stereocenters. The Morgan fingerprint density at radius 1 is 0.973 bits per heavy atom. The van der Waals surface area contributed by atoms with Gasteiger partial charge in [-0.2, -0.15) is 0 Å². The maximum atomic E-state index is 12.6. The van der Waals surface area contributed by atoms with E-state index in [9.17, 15) is 9.59 Å². The lowest BCUT2D eigenvalue weighted by atomic mass is 10.1. The molecule has 3 aromatic rings. The number of benzene rings is 2. The number of nitrogens with two attached hydrogens (primary N) is 1. The Morgan fingerprint density at radius 2 is 1.70 bits per heavy atom. The van der Waals surface area contributed by atoms with E-state index in [0.29, 0.717) is 11.6 Å². The molecule has 2 aliphatic heterocycles. The van der Waals surface area contributed by atoms with E-state index >= 15 is 0 Å². The number of nitrogens with zero attached hydrogens (tertiary/aromatic N) is 4. The molecule has 0 unspecified atom stereocenters. The number of anilines is 4. The predicted octanol–water partition coefficient (Wildman–Crippen LogP) is 2.18. The van der Waals surface area contributed by atoms with E-state index in [1.165, 1.54) is 0 Å². The Labute approximate surface area is 216 Å². The van der Waals surface area contributed by atoms with Gasteiger partial charge in [0.05, 0.1) is 18.3 Å². The molecule has 192 valence electrons. The highest BCUT2D eigenvalue weighted by Crippen LogP contribution is 2.24. The average molecular weight is 501 g/mol. The van der Waals surface area contributed by atoms with Gasteiger partial charge >= 0.3 is 0 Å². The molecular formula is C27H32N8O2. The van der Waals surface area contributed by atoms with Crippen LogP contribution in [-0.2, 0) is 9.59 Å². The highest BCUT2D eigenvalue weighted by atomic mass is 16.2. The van der Waals surface area contributed by atoms with Gasteiger partial charge in [-0.1, -0.05) is 12.1 Å². The zero-order chi connectivity index (χ0) is 25.6. The summed E-state index contributed by atoms with van der Waals surface area (Å²) in [6.45, 7) is 4.03. The van der Waals surface area contributed by atoms with Gasteiger partial charge in [0.15, 0.2) is 0 Å². The number of carbonyl (C=O) groups excluding carboxylic acids is 2. The number of aromatic nitrogens is 2. The van der Waals surface area contributed by atoms with E-state index in [-0.39, 0.29) is 24.4 Å². The van der Waals surface area contributed by atoms with Crippen molar-refractivity contribution in [3.05, 3.63) is 60.8 Å². The van der Waals surface area contributed by atoms with Crippen molar-refractivity contribution < 1.29 is 9.59 Å². The first-order valence-electron chi connectivity index (χ1n) is 12.7. The summed E-state index contributed by atoms with van der Waals surface area (Å²) in [6.07, 6.45) is 3.74. The first-order valence-corrected chi connectivity index (χ1v) is 12.7. The molecule has 2 aliphatic rings. The zero-order valence-electron chi connectivity index (χ0n) is 20.7. The highest BCUT2D eigenvalue weighted by molar-refractivity contribution is 5.92. The molecule has 5 N–H and O–H groups in total. The Balaban J connectivity index is 1.17. The van der Waals surface area contributed by atoms with Crippen molar-refractivity contribution in [2.45, 2.75) is 18.9 Å². The molecule has 0 bridgehead atoms. The van der Waals surface area contributed by atoms with E-state index in [2.05, 4.69) is 43.0 Å². The molecule has 3 heterocycles. The molecular weight excluding hydrogens is 468 g/mol. The quantitative estimate of drug-likeness (QED) is 0.389. The minimum Gasteiger partial charge on any atom is -0.368 e. The topological polar surface area (TPSA) is 129 Å². The molecule has 0 aliphatic carbocycles. The Bertz CT molecular complexity index is 1220. The van der Waals surface area contributed by atoms with Gasteiger partial charge in [0.1, 0.15) is 0 Å². The van der Waals surface area contributed by atoms with E-state index in [1.807, 2.05) is 47.4 Å². The average Bonchev–Trinajstić information content (AvgIpc) is 3.49. The van der Waals surface area contributed by atoms with Crippen LogP contribution in [0.2, 0.25) is 0 Å². The van der Waals surface area contributed by atoms with Crippen LogP contribution < -0.4 is 26.6 Å². The first-order chi connectivity index (χ1) is 18.1. The van der Waals surface area contributed by atoms with Crippen LogP contribution in [0.3, 0.4) is 0 Å². The molecule has 2 fully saturated rings. The molecule has 10 heteroatoms. The van der Waals surface area contributed by atoms with Crippen LogP contribution in [0.1, 0.15) is 12.8 Å². The normalized spacial score (nSPS) is 17.5. The maximum Gasteiger partial charge on any atom is 0.239 e. The van der Waals surface area contributed by atoms with Crippen molar-refractivity contribution in [3.8, 4) is 11.3 Å². The van der Waals surface area contributed by atoms with Crippen molar-refractivity contribution in [1.29, 1.82) is 0 Å². The van der Waals surface area contributed by atoms with Gasteiger partial charge in [-0.25, -0.2) is 9.97 Å². The molecule has 2 aromatic carbocycles. The van der Waals surface area contributed by atoms with Crippen LogP contribution in [0.15, 0.2) is 60.8 Å². The van der Waals surface area contributed by atoms with E-state index in [0.717, 1.165) is 68.2 Å². The standard InChI is InChI=1S/C27H32N8O2/c28-18-25(36)31-20-5-3-19(4-6-20)23-11-13-30-27(33-23)32-21-7-9-22(10-8-21)34-14-16-35(17-15-34)26(37)24-2-1-12-29-24/h3-11,13,24,29H,1-2,12,14-18,28H2,(H,31,36)(H,30,32,33)/t24-/m1/s1. The first kappa shape index (κ1) is 24.7. The fourth-order valence-electron chi connectivity index (χ4n) is 4.70. The molecule has 2 amide bonds. The summed E-state index contributed by atoms with van der Waals surface area (Å²) in [6, 6.07) is 17.5. The van der Waals surface area contributed by atoms with E-state index in [1.54, 1.807) is 6.20 Å². The summed E-state index contributed by atoms with van der Waals surface area (Å²) in [5.41, 5.74) is 9.74. The molecule has 1 aromatic heterocycles. The van der Waals surface area contributed by atoms with Crippen LogP contribution in [0.4, 0.5) is 23.0 Å². The molecule has 2 saturated heterocycles. The van der Waals surface area contributed by atoms with Crippen LogP contribution in [0, 0.1) is 0 Å². The summed E-state index contributed by atoms with van der Waals surface area (Å²) in [4.78, 5) is 37.4. The van der Waals surface area contributed by atoms with Crippen molar-refractivity contribution in [2.24, 2.45) is 5.73 Å². The van der Waals surface area contributed by atoms with E-state index < -0.39 is 0 Å². The third-order valence-electron chi connectivity index (χ3n) is 6.74. The maximum absolute atomic E-state index is 12.6. The zero-order valence-corrected chi connectivity index (χ0v) is 20.7. The number of rotatable bonds is 7. The van der Waals surface area contributed by atoms with Crippen molar-refractivity contribution in [2.75, 3.05) is 54.8 Å². The molecule has 0 saturated carbocycles. The monoisotopic (exact) mass is 500 g/mol. The van der Waals surface area contributed by atoms with Crippen LogP contribution in [0.25, 0.3) is 11.3 Å². The third kappa shape index (κ3) is 6.04. The summed E-state index contributed by atoms with van der Waals surface area (Å²) in [7, 11) is 0. The smallest absolute Gasteiger partial charge is 0.239 e.